The Kier molecular flexibility index (Phi) is 6.92. The highest BCUT2D eigenvalue weighted by molar-refractivity contribution is 7.89. The predicted molar refractivity (Wildman–Crippen MR) is 103 cm³/mol. The van der Waals surface area contributed by atoms with Crippen LogP contribution >= 0.6 is 11.6 Å². The van der Waals surface area contributed by atoms with Gasteiger partial charge in [0.25, 0.3) is 0 Å². The fraction of sp³-hybridized carbons (Fsp3) is 0.556. The van der Waals surface area contributed by atoms with Crippen LogP contribution in [0.15, 0.2) is 29.2 Å². The Morgan fingerprint density at radius 3 is 1.89 bits per heavy atom. The van der Waals surface area contributed by atoms with Crippen LogP contribution in [0.25, 0.3) is 0 Å². The van der Waals surface area contributed by atoms with Gasteiger partial charge in [-0.2, -0.15) is 4.31 Å². The monoisotopic (exact) mass is 429 g/mol. The third kappa shape index (κ3) is 5.02. The average molecular weight is 430 g/mol. The number of hydrogen-bond acceptors (Lipinski definition) is 5. The van der Waals surface area contributed by atoms with Gasteiger partial charge >= 0.3 is 0 Å². The summed E-state index contributed by atoms with van der Waals surface area (Å²) >= 11 is 5.82. The van der Waals surface area contributed by atoms with E-state index in [4.69, 9.17) is 16.3 Å². The molecule has 0 aromatic heterocycles. The molecule has 2 aliphatic heterocycles. The van der Waals surface area contributed by atoms with E-state index in [0.717, 1.165) is 0 Å². The van der Waals surface area contributed by atoms with Crippen LogP contribution in [0.4, 0.5) is 0 Å². The summed E-state index contributed by atoms with van der Waals surface area (Å²) in [5.41, 5.74) is 0. The third-order valence-electron chi connectivity index (χ3n) is 4.96. The average Bonchev–Trinajstić information content (AvgIpc) is 2.73. The van der Waals surface area contributed by atoms with Gasteiger partial charge in [-0.3, -0.25) is 9.59 Å². The molecule has 28 heavy (non-hydrogen) atoms. The molecule has 154 valence electrons. The number of carbonyl (C=O) groups excluding carboxylic acids is 2. The van der Waals surface area contributed by atoms with Crippen LogP contribution in [-0.4, -0.2) is 86.8 Å². The standard InChI is InChI=1S/C18H24ClN3O5S/c19-15-1-3-16(4-2-15)28(25,26)22-9-7-20(8-10-22)17(23)5-6-18(24)21-11-13-27-14-12-21/h1-4H,5-14H2. The Bertz CT molecular complexity index is 801. The summed E-state index contributed by atoms with van der Waals surface area (Å²) in [6, 6.07) is 6.04. The second-order valence-electron chi connectivity index (χ2n) is 6.73. The number of amides is 2. The molecule has 0 spiro atoms. The number of carbonyl (C=O) groups is 2. The molecule has 0 atom stereocenters. The Balaban J connectivity index is 1.48. The summed E-state index contributed by atoms with van der Waals surface area (Å²) in [5.74, 6) is -0.161. The van der Waals surface area contributed by atoms with E-state index in [2.05, 4.69) is 0 Å². The number of ether oxygens (including phenoxy) is 1. The molecular weight excluding hydrogens is 406 g/mol. The van der Waals surface area contributed by atoms with Crippen LogP contribution in [0.3, 0.4) is 0 Å². The summed E-state index contributed by atoms with van der Waals surface area (Å²) in [6.07, 6.45) is 0.308. The Labute approximate surface area is 170 Å². The van der Waals surface area contributed by atoms with Crippen LogP contribution in [0.1, 0.15) is 12.8 Å². The number of hydrogen-bond donors (Lipinski definition) is 0. The lowest BCUT2D eigenvalue weighted by atomic mass is 10.2. The zero-order valence-electron chi connectivity index (χ0n) is 15.5. The van der Waals surface area contributed by atoms with Gasteiger partial charge in [-0.15, -0.1) is 0 Å². The molecule has 0 saturated carbocycles. The molecular formula is C18H24ClN3O5S. The van der Waals surface area contributed by atoms with Gasteiger partial charge in [0.2, 0.25) is 21.8 Å². The summed E-state index contributed by atoms with van der Waals surface area (Å²) in [4.78, 5) is 28.1. The van der Waals surface area contributed by atoms with Crippen molar-refractivity contribution in [2.75, 3.05) is 52.5 Å². The van der Waals surface area contributed by atoms with E-state index in [1.807, 2.05) is 0 Å². The molecule has 0 aliphatic carbocycles. The highest BCUT2D eigenvalue weighted by atomic mass is 35.5. The van der Waals surface area contributed by atoms with Gasteiger partial charge in [-0.25, -0.2) is 8.42 Å². The van der Waals surface area contributed by atoms with Crippen LogP contribution in [0.2, 0.25) is 5.02 Å². The van der Waals surface area contributed by atoms with Gasteiger partial charge < -0.3 is 14.5 Å². The fourth-order valence-corrected chi connectivity index (χ4v) is 4.82. The zero-order chi connectivity index (χ0) is 20.1. The molecule has 8 nitrogen and oxygen atoms in total. The molecule has 0 radical (unpaired) electrons. The number of piperazine rings is 1. The highest BCUT2D eigenvalue weighted by Crippen LogP contribution is 2.20. The number of halogens is 1. The van der Waals surface area contributed by atoms with Crippen LogP contribution in [0.5, 0.6) is 0 Å². The van der Waals surface area contributed by atoms with Crippen molar-refractivity contribution < 1.29 is 22.7 Å². The fourth-order valence-electron chi connectivity index (χ4n) is 3.28. The van der Waals surface area contributed by atoms with Crippen LogP contribution in [-0.2, 0) is 24.3 Å². The van der Waals surface area contributed by atoms with E-state index < -0.39 is 10.0 Å². The first-order valence-electron chi connectivity index (χ1n) is 9.27. The number of nitrogens with zero attached hydrogens (tertiary/aromatic N) is 3. The van der Waals surface area contributed by atoms with Crippen molar-refractivity contribution in [1.29, 1.82) is 0 Å². The molecule has 10 heteroatoms. The summed E-state index contributed by atoms with van der Waals surface area (Å²) in [6.45, 7) is 3.28. The first-order chi connectivity index (χ1) is 13.4. The van der Waals surface area contributed by atoms with E-state index in [0.29, 0.717) is 44.4 Å². The van der Waals surface area contributed by atoms with Gasteiger partial charge in [0.05, 0.1) is 18.1 Å². The minimum absolute atomic E-state index is 0.0411. The third-order valence-corrected chi connectivity index (χ3v) is 7.12. The van der Waals surface area contributed by atoms with Crippen molar-refractivity contribution in [2.45, 2.75) is 17.7 Å². The van der Waals surface area contributed by atoms with Gasteiger partial charge in [0.15, 0.2) is 0 Å². The lowest BCUT2D eigenvalue weighted by Crippen LogP contribution is -2.50. The van der Waals surface area contributed by atoms with E-state index in [-0.39, 0.29) is 42.6 Å². The van der Waals surface area contributed by atoms with Gasteiger partial charge in [0, 0.05) is 57.1 Å². The van der Waals surface area contributed by atoms with E-state index in [1.54, 1.807) is 21.9 Å². The van der Waals surface area contributed by atoms with Crippen LogP contribution in [0, 0.1) is 0 Å². The molecule has 2 saturated heterocycles. The smallest absolute Gasteiger partial charge is 0.243 e. The largest absolute Gasteiger partial charge is 0.378 e. The molecule has 0 bridgehead atoms. The lowest BCUT2D eigenvalue weighted by Gasteiger charge is -2.34. The van der Waals surface area contributed by atoms with Crippen molar-refractivity contribution in [3.8, 4) is 0 Å². The van der Waals surface area contributed by atoms with Crippen molar-refractivity contribution >= 4 is 33.4 Å². The predicted octanol–water partition coefficient (Wildman–Crippen LogP) is 0.812. The van der Waals surface area contributed by atoms with E-state index in [1.165, 1.54) is 16.4 Å². The molecule has 1 aromatic rings. The molecule has 0 N–H and O–H groups in total. The van der Waals surface area contributed by atoms with Gasteiger partial charge in [0.1, 0.15) is 0 Å². The first-order valence-corrected chi connectivity index (χ1v) is 11.1. The van der Waals surface area contributed by atoms with Crippen molar-refractivity contribution in [3.63, 3.8) is 0 Å². The maximum absolute atomic E-state index is 12.7. The molecule has 2 fully saturated rings. The zero-order valence-corrected chi connectivity index (χ0v) is 17.1. The molecule has 2 heterocycles. The lowest BCUT2D eigenvalue weighted by molar-refractivity contribution is -0.139. The molecule has 3 rings (SSSR count). The van der Waals surface area contributed by atoms with Gasteiger partial charge in [-0.05, 0) is 24.3 Å². The topological polar surface area (TPSA) is 87.2 Å². The minimum Gasteiger partial charge on any atom is -0.378 e. The highest BCUT2D eigenvalue weighted by Gasteiger charge is 2.30. The van der Waals surface area contributed by atoms with E-state index >= 15 is 0 Å². The number of morpholine rings is 1. The maximum atomic E-state index is 12.7. The van der Waals surface area contributed by atoms with Crippen molar-refractivity contribution in [2.24, 2.45) is 0 Å². The maximum Gasteiger partial charge on any atom is 0.243 e. The normalized spacial score (nSPS) is 18.9. The Morgan fingerprint density at radius 1 is 0.857 bits per heavy atom. The number of rotatable bonds is 5. The van der Waals surface area contributed by atoms with Gasteiger partial charge in [-0.1, -0.05) is 11.6 Å². The summed E-state index contributed by atoms with van der Waals surface area (Å²) in [5, 5.41) is 0.473. The Morgan fingerprint density at radius 2 is 1.36 bits per heavy atom. The minimum atomic E-state index is -3.60. The molecule has 1 aromatic carbocycles. The second kappa shape index (κ2) is 9.21. The summed E-state index contributed by atoms with van der Waals surface area (Å²) < 4.78 is 32.0. The van der Waals surface area contributed by atoms with Crippen molar-refractivity contribution in [1.82, 2.24) is 14.1 Å². The Hall–Kier alpha value is -1.68. The molecule has 2 aliphatic rings. The quantitative estimate of drug-likeness (QED) is 0.691. The number of sulfonamides is 1. The number of benzene rings is 1. The van der Waals surface area contributed by atoms with Crippen molar-refractivity contribution in [3.05, 3.63) is 29.3 Å². The van der Waals surface area contributed by atoms with Crippen LogP contribution < -0.4 is 0 Å². The second-order valence-corrected chi connectivity index (χ2v) is 9.11. The molecule has 2 amide bonds. The SMILES string of the molecule is O=C(CCC(=O)N1CCN(S(=O)(=O)c2ccc(Cl)cc2)CC1)N1CCOCC1. The first kappa shape index (κ1) is 21.0. The van der Waals surface area contributed by atoms with E-state index in [9.17, 15) is 18.0 Å². The molecule has 0 unspecified atom stereocenters. The summed E-state index contributed by atoms with van der Waals surface area (Å²) in [7, 11) is -3.60.